The van der Waals surface area contributed by atoms with Crippen LogP contribution in [0.5, 0.6) is 0 Å². The lowest BCUT2D eigenvalue weighted by molar-refractivity contribution is 0.250. The third kappa shape index (κ3) is 4.51. The van der Waals surface area contributed by atoms with Crippen molar-refractivity contribution in [3.8, 4) is 0 Å². The van der Waals surface area contributed by atoms with Crippen molar-refractivity contribution in [2.45, 2.75) is 12.8 Å². The van der Waals surface area contributed by atoms with Crippen LogP contribution in [0.3, 0.4) is 0 Å². The number of aliphatic hydroxyl groups is 1. The smallest absolute Gasteiger partial charge is 0.319 e. The molecule has 0 fully saturated rings. The maximum Gasteiger partial charge on any atom is 0.319 e. The Bertz CT molecular complexity index is 345. The number of hydrogen-bond donors (Lipinski definition) is 3. The Kier molecular flexibility index (Phi) is 5.67. The molecule has 0 spiro atoms. The second-order valence-corrected chi connectivity index (χ2v) is 3.70. The van der Waals surface area contributed by atoms with Gasteiger partial charge in [-0.15, -0.1) is 0 Å². The highest BCUT2D eigenvalue weighted by Crippen LogP contribution is 2.19. The third-order valence-corrected chi connectivity index (χ3v) is 2.32. The molecule has 5 heteroatoms. The predicted molar refractivity (Wildman–Crippen MR) is 64.8 cm³/mol. The maximum atomic E-state index is 11.4. The Morgan fingerprint density at radius 2 is 2.06 bits per heavy atom. The summed E-state index contributed by atoms with van der Waals surface area (Å²) in [5.74, 6) is 0. The van der Waals surface area contributed by atoms with Gasteiger partial charge in [0, 0.05) is 13.2 Å². The van der Waals surface area contributed by atoms with Crippen LogP contribution in [0.15, 0.2) is 24.3 Å². The van der Waals surface area contributed by atoms with Crippen molar-refractivity contribution in [3.63, 3.8) is 0 Å². The van der Waals surface area contributed by atoms with E-state index in [2.05, 4.69) is 10.6 Å². The zero-order chi connectivity index (χ0) is 11.8. The van der Waals surface area contributed by atoms with E-state index in [0.717, 1.165) is 6.42 Å². The molecule has 0 bridgehead atoms. The molecule has 2 amide bonds. The Morgan fingerprint density at radius 3 is 2.75 bits per heavy atom. The molecule has 0 aliphatic carbocycles. The van der Waals surface area contributed by atoms with E-state index in [1.807, 2.05) is 0 Å². The minimum atomic E-state index is -0.286. The van der Waals surface area contributed by atoms with Gasteiger partial charge >= 0.3 is 6.03 Å². The molecule has 0 saturated heterocycles. The first kappa shape index (κ1) is 12.8. The van der Waals surface area contributed by atoms with E-state index in [1.54, 1.807) is 24.3 Å². The average molecular weight is 243 g/mol. The van der Waals surface area contributed by atoms with Crippen molar-refractivity contribution in [2.75, 3.05) is 18.5 Å². The van der Waals surface area contributed by atoms with Crippen LogP contribution in [0, 0.1) is 0 Å². The normalized spacial score (nSPS) is 9.88. The fourth-order valence-corrected chi connectivity index (χ4v) is 1.35. The van der Waals surface area contributed by atoms with Crippen molar-refractivity contribution in [3.05, 3.63) is 29.3 Å². The molecule has 4 nitrogen and oxygen atoms in total. The maximum absolute atomic E-state index is 11.4. The number of aliphatic hydroxyl groups excluding tert-OH is 1. The predicted octanol–water partition coefficient (Wildman–Crippen LogP) is 2.23. The summed E-state index contributed by atoms with van der Waals surface area (Å²) in [5, 5.41) is 14.4. The summed E-state index contributed by atoms with van der Waals surface area (Å²) >= 11 is 5.88. The van der Waals surface area contributed by atoms with Gasteiger partial charge in [-0.3, -0.25) is 0 Å². The van der Waals surface area contributed by atoms with Crippen molar-refractivity contribution in [2.24, 2.45) is 0 Å². The van der Waals surface area contributed by atoms with Crippen LogP contribution in [0.1, 0.15) is 12.8 Å². The summed E-state index contributed by atoms with van der Waals surface area (Å²) in [7, 11) is 0. The van der Waals surface area contributed by atoms with E-state index >= 15 is 0 Å². The zero-order valence-electron chi connectivity index (χ0n) is 8.87. The summed E-state index contributed by atoms with van der Waals surface area (Å²) in [6.07, 6.45) is 1.44. The van der Waals surface area contributed by atoms with Crippen molar-refractivity contribution in [1.29, 1.82) is 0 Å². The van der Waals surface area contributed by atoms with Gasteiger partial charge < -0.3 is 15.7 Å². The molecular weight excluding hydrogens is 228 g/mol. The van der Waals surface area contributed by atoms with Crippen LogP contribution < -0.4 is 10.6 Å². The number of hydrogen-bond acceptors (Lipinski definition) is 2. The highest BCUT2D eigenvalue weighted by Gasteiger charge is 2.03. The number of anilines is 1. The second-order valence-electron chi connectivity index (χ2n) is 3.29. The van der Waals surface area contributed by atoms with Gasteiger partial charge in [-0.05, 0) is 25.0 Å². The highest BCUT2D eigenvalue weighted by atomic mass is 35.5. The minimum Gasteiger partial charge on any atom is -0.396 e. The number of para-hydroxylation sites is 1. The molecule has 0 atom stereocenters. The monoisotopic (exact) mass is 242 g/mol. The Balaban J connectivity index is 2.32. The summed E-state index contributed by atoms with van der Waals surface area (Å²) in [5.41, 5.74) is 0.587. The number of carbonyl (C=O) groups excluding carboxylic acids is 1. The van der Waals surface area contributed by atoms with Gasteiger partial charge in [-0.2, -0.15) is 0 Å². The topological polar surface area (TPSA) is 61.4 Å². The summed E-state index contributed by atoms with van der Waals surface area (Å²) < 4.78 is 0. The molecular formula is C11H15ClN2O2. The molecule has 3 N–H and O–H groups in total. The van der Waals surface area contributed by atoms with E-state index in [9.17, 15) is 4.79 Å². The molecule has 0 aromatic heterocycles. The van der Waals surface area contributed by atoms with Gasteiger partial charge in [-0.1, -0.05) is 23.7 Å². The Morgan fingerprint density at radius 1 is 1.31 bits per heavy atom. The molecule has 1 aromatic carbocycles. The average Bonchev–Trinajstić information content (AvgIpc) is 2.28. The van der Waals surface area contributed by atoms with Crippen LogP contribution in [0.4, 0.5) is 10.5 Å². The molecule has 88 valence electrons. The van der Waals surface area contributed by atoms with Gasteiger partial charge in [-0.25, -0.2) is 4.79 Å². The standard InChI is InChI=1S/C11H15ClN2O2/c12-9-5-1-2-6-10(9)14-11(16)13-7-3-4-8-15/h1-2,5-6,15H,3-4,7-8H2,(H2,13,14,16). The van der Waals surface area contributed by atoms with Crippen molar-refractivity contribution in [1.82, 2.24) is 5.32 Å². The summed E-state index contributed by atoms with van der Waals surface area (Å²) in [4.78, 5) is 11.4. The lowest BCUT2D eigenvalue weighted by Gasteiger charge is -2.08. The van der Waals surface area contributed by atoms with Gasteiger partial charge in [0.1, 0.15) is 0 Å². The van der Waals surface area contributed by atoms with E-state index in [-0.39, 0.29) is 12.6 Å². The SMILES string of the molecule is O=C(NCCCCO)Nc1ccccc1Cl. The fourth-order valence-electron chi connectivity index (χ4n) is 1.17. The lowest BCUT2D eigenvalue weighted by atomic mass is 10.3. The van der Waals surface area contributed by atoms with Crippen LogP contribution in [0.2, 0.25) is 5.02 Å². The van der Waals surface area contributed by atoms with Gasteiger partial charge in [0.15, 0.2) is 0 Å². The van der Waals surface area contributed by atoms with E-state index in [1.165, 1.54) is 0 Å². The van der Waals surface area contributed by atoms with Gasteiger partial charge in [0.25, 0.3) is 0 Å². The first-order valence-corrected chi connectivity index (χ1v) is 5.52. The first-order valence-electron chi connectivity index (χ1n) is 5.14. The van der Waals surface area contributed by atoms with Crippen LogP contribution >= 0.6 is 11.6 Å². The van der Waals surface area contributed by atoms with Crippen molar-refractivity contribution < 1.29 is 9.90 Å². The zero-order valence-corrected chi connectivity index (χ0v) is 9.63. The fraction of sp³-hybridized carbons (Fsp3) is 0.364. The van der Waals surface area contributed by atoms with E-state index in [0.29, 0.717) is 23.7 Å². The van der Waals surface area contributed by atoms with Crippen LogP contribution in [0.25, 0.3) is 0 Å². The molecule has 1 rings (SSSR count). The quantitative estimate of drug-likeness (QED) is 0.694. The molecule has 0 unspecified atom stereocenters. The summed E-state index contributed by atoms with van der Waals surface area (Å²) in [6.45, 7) is 0.685. The minimum absolute atomic E-state index is 0.147. The number of urea groups is 1. The van der Waals surface area contributed by atoms with Gasteiger partial charge in [0.05, 0.1) is 10.7 Å². The molecule has 1 aromatic rings. The number of carbonyl (C=O) groups is 1. The van der Waals surface area contributed by atoms with Crippen molar-refractivity contribution >= 4 is 23.3 Å². The first-order chi connectivity index (χ1) is 7.74. The molecule has 0 aliphatic heterocycles. The third-order valence-electron chi connectivity index (χ3n) is 1.99. The van der Waals surface area contributed by atoms with Crippen LogP contribution in [-0.4, -0.2) is 24.3 Å². The Hall–Kier alpha value is -1.26. The number of rotatable bonds is 5. The van der Waals surface area contributed by atoms with Gasteiger partial charge in [0.2, 0.25) is 0 Å². The molecule has 0 heterocycles. The molecule has 0 radical (unpaired) electrons. The molecule has 0 aliphatic rings. The number of unbranched alkanes of at least 4 members (excludes halogenated alkanes) is 1. The van der Waals surface area contributed by atoms with E-state index in [4.69, 9.17) is 16.7 Å². The Labute approximate surface area is 99.6 Å². The van der Waals surface area contributed by atoms with Crippen LogP contribution in [-0.2, 0) is 0 Å². The number of benzene rings is 1. The number of nitrogens with one attached hydrogen (secondary N) is 2. The molecule has 16 heavy (non-hydrogen) atoms. The number of halogens is 1. The largest absolute Gasteiger partial charge is 0.396 e. The summed E-state index contributed by atoms with van der Waals surface area (Å²) in [6, 6.07) is 6.75. The number of amides is 2. The highest BCUT2D eigenvalue weighted by molar-refractivity contribution is 6.33. The molecule has 0 saturated carbocycles. The second kappa shape index (κ2) is 7.09. The van der Waals surface area contributed by atoms with E-state index < -0.39 is 0 Å². The lowest BCUT2D eigenvalue weighted by Crippen LogP contribution is -2.29.